The van der Waals surface area contributed by atoms with E-state index in [9.17, 15) is 0 Å². The van der Waals surface area contributed by atoms with Crippen LogP contribution in [0.4, 0.5) is 0 Å². The first-order valence-corrected chi connectivity index (χ1v) is 8.98. The van der Waals surface area contributed by atoms with E-state index in [2.05, 4.69) is 83.0 Å². The Morgan fingerprint density at radius 1 is 1.16 bits per heavy atom. The lowest BCUT2D eigenvalue weighted by molar-refractivity contribution is 0.647. The molecule has 0 aliphatic rings. The highest BCUT2D eigenvalue weighted by atomic mass is 79.9. The lowest BCUT2D eigenvalue weighted by Gasteiger charge is -2.10. The van der Waals surface area contributed by atoms with E-state index in [1.54, 1.807) is 11.3 Å². The van der Waals surface area contributed by atoms with E-state index in [-0.39, 0.29) is 4.83 Å². The lowest BCUT2D eigenvalue weighted by Crippen LogP contribution is -1.95. The van der Waals surface area contributed by atoms with Gasteiger partial charge in [0, 0.05) is 4.88 Å². The highest BCUT2D eigenvalue weighted by Gasteiger charge is 2.14. The summed E-state index contributed by atoms with van der Waals surface area (Å²) in [6.45, 7) is 6.65. The highest BCUT2D eigenvalue weighted by Crippen LogP contribution is 2.39. The van der Waals surface area contributed by atoms with Gasteiger partial charge in [0.05, 0.1) is 8.61 Å². The van der Waals surface area contributed by atoms with Crippen molar-refractivity contribution >= 4 is 43.2 Å². The van der Waals surface area contributed by atoms with Crippen molar-refractivity contribution in [3.05, 3.63) is 55.7 Å². The summed E-state index contributed by atoms with van der Waals surface area (Å²) in [6.07, 6.45) is 1.15. The predicted molar refractivity (Wildman–Crippen MR) is 92.5 cm³/mol. The minimum Gasteiger partial charge on any atom is -0.131 e. The molecule has 1 aromatic carbocycles. The molecule has 1 aromatic heterocycles. The molecule has 0 aliphatic heterocycles. The van der Waals surface area contributed by atoms with Gasteiger partial charge in [-0.3, -0.25) is 0 Å². The second kappa shape index (κ2) is 6.55. The van der Waals surface area contributed by atoms with Gasteiger partial charge < -0.3 is 0 Å². The number of thiophene rings is 1. The quantitative estimate of drug-likeness (QED) is 0.512. The van der Waals surface area contributed by atoms with E-state index in [0.717, 1.165) is 6.42 Å². The van der Waals surface area contributed by atoms with Crippen LogP contribution in [0.5, 0.6) is 0 Å². The van der Waals surface area contributed by atoms with Crippen LogP contribution in [0, 0.1) is 12.8 Å². The Morgan fingerprint density at radius 2 is 1.79 bits per heavy atom. The Bertz CT molecular complexity index is 521. The molecule has 0 radical (unpaired) electrons. The van der Waals surface area contributed by atoms with Gasteiger partial charge in [-0.1, -0.05) is 54.0 Å². The van der Waals surface area contributed by atoms with Crippen LogP contribution >= 0.6 is 43.2 Å². The normalized spacial score (nSPS) is 12.9. The first-order valence-electron chi connectivity index (χ1n) is 6.46. The van der Waals surface area contributed by atoms with Gasteiger partial charge in [0.25, 0.3) is 0 Å². The van der Waals surface area contributed by atoms with E-state index in [4.69, 9.17) is 0 Å². The van der Waals surface area contributed by atoms with Gasteiger partial charge in [-0.05, 0) is 57.9 Å². The van der Waals surface area contributed by atoms with Gasteiger partial charge in [0.1, 0.15) is 0 Å². The van der Waals surface area contributed by atoms with Gasteiger partial charge in [0.15, 0.2) is 0 Å². The van der Waals surface area contributed by atoms with Crippen molar-refractivity contribution in [2.45, 2.75) is 32.0 Å². The first kappa shape index (κ1) is 15.3. The average Bonchev–Trinajstić information content (AvgIpc) is 2.69. The summed E-state index contributed by atoms with van der Waals surface area (Å²) in [4.78, 5) is 1.64. The second-order valence-electron chi connectivity index (χ2n) is 5.31. The van der Waals surface area contributed by atoms with Crippen LogP contribution in [-0.2, 0) is 6.42 Å². The Hall–Kier alpha value is -0.120. The minimum absolute atomic E-state index is 0.288. The molecule has 1 heterocycles. The highest BCUT2D eigenvalue weighted by molar-refractivity contribution is 9.11. The standard InChI is InChI=1S/C16H18Br2S/c1-10(2)8-12-4-6-13(7-5-12)15(17)14-9-11(3)16(18)19-14/h4-7,9-10,15H,8H2,1-3H3. The summed E-state index contributed by atoms with van der Waals surface area (Å²) in [7, 11) is 0. The maximum atomic E-state index is 3.81. The Morgan fingerprint density at radius 3 is 2.26 bits per heavy atom. The lowest BCUT2D eigenvalue weighted by atomic mass is 10.0. The molecule has 0 saturated heterocycles. The molecule has 102 valence electrons. The number of hydrogen-bond acceptors (Lipinski definition) is 1. The van der Waals surface area contributed by atoms with Crippen LogP contribution in [0.15, 0.2) is 34.1 Å². The number of rotatable bonds is 4. The Labute approximate surface area is 136 Å². The van der Waals surface area contributed by atoms with Gasteiger partial charge in [-0.2, -0.15) is 0 Å². The van der Waals surface area contributed by atoms with Crippen LogP contribution in [0.3, 0.4) is 0 Å². The third-order valence-electron chi connectivity index (χ3n) is 3.04. The maximum Gasteiger partial charge on any atom is 0.0738 e. The van der Waals surface area contributed by atoms with Crippen molar-refractivity contribution < 1.29 is 0 Å². The molecule has 19 heavy (non-hydrogen) atoms. The summed E-state index contributed by atoms with van der Waals surface area (Å²) in [5.41, 5.74) is 4.05. The topological polar surface area (TPSA) is 0 Å². The summed E-state index contributed by atoms with van der Waals surface area (Å²) in [5.74, 6) is 0.710. The predicted octanol–water partition coefficient (Wildman–Crippen LogP) is 6.50. The third kappa shape index (κ3) is 3.93. The van der Waals surface area contributed by atoms with Crippen molar-refractivity contribution in [3.8, 4) is 0 Å². The Kier molecular flexibility index (Phi) is 5.27. The van der Waals surface area contributed by atoms with Crippen molar-refractivity contribution in [1.82, 2.24) is 0 Å². The van der Waals surface area contributed by atoms with E-state index in [1.807, 2.05) is 0 Å². The van der Waals surface area contributed by atoms with E-state index in [0.29, 0.717) is 5.92 Å². The van der Waals surface area contributed by atoms with Gasteiger partial charge >= 0.3 is 0 Å². The molecular formula is C16H18Br2S. The van der Waals surface area contributed by atoms with E-state index < -0.39 is 0 Å². The number of benzene rings is 1. The number of halogens is 2. The molecule has 0 aliphatic carbocycles. The zero-order valence-corrected chi connectivity index (χ0v) is 15.4. The average molecular weight is 402 g/mol. The number of alkyl halides is 1. The SMILES string of the molecule is Cc1cc(C(Br)c2ccc(CC(C)C)cc2)sc1Br. The van der Waals surface area contributed by atoms with Crippen molar-refractivity contribution in [3.63, 3.8) is 0 Å². The fourth-order valence-corrected chi connectivity index (χ4v) is 4.36. The molecule has 0 bridgehead atoms. The van der Waals surface area contributed by atoms with Crippen LogP contribution in [-0.4, -0.2) is 0 Å². The number of aryl methyl sites for hydroxylation is 1. The van der Waals surface area contributed by atoms with Gasteiger partial charge in [-0.15, -0.1) is 11.3 Å². The minimum atomic E-state index is 0.288. The van der Waals surface area contributed by atoms with E-state index >= 15 is 0 Å². The van der Waals surface area contributed by atoms with Crippen molar-refractivity contribution in [1.29, 1.82) is 0 Å². The fourth-order valence-electron chi connectivity index (χ4n) is 2.07. The summed E-state index contributed by atoms with van der Waals surface area (Å²) >= 11 is 9.20. The molecule has 1 unspecified atom stereocenters. The first-order chi connectivity index (χ1) is 8.97. The van der Waals surface area contributed by atoms with Gasteiger partial charge in [0.2, 0.25) is 0 Å². The second-order valence-corrected chi connectivity index (χ2v) is 8.62. The largest absolute Gasteiger partial charge is 0.131 e. The van der Waals surface area contributed by atoms with Crippen molar-refractivity contribution in [2.75, 3.05) is 0 Å². The molecule has 0 amide bonds. The molecule has 0 N–H and O–H groups in total. The molecule has 2 aromatic rings. The molecule has 0 fully saturated rings. The van der Waals surface area contributed by atoms with Crippen LogP contribution in [0.2, 0.25) is 0 Å². The zero-order valence-electron chi connectivity index (χ0n) is 11.4. The molecular weight excluding hydrogens is 384 g/mol. The monoisotopic (exact) mass is 400 g/mol. The van der Waals surface area contributed by atoms with Gasteiger partial charge in [-0.25, -0.2) is 0 Å². The summed E-state index contributed by atoms with van der Waals surface area (Å²) < 4.78 is 1.23. The summed E-state index contributed by atoms with van der Waals surface area (Å²) in [6, 6.07) is 11.2. The number of hydrogen-bond donors (Lipinski definition) is 0. The van der Waals surface area contributed by atoms with Crippen LogP contribution in [0.1, 0.15) is 40.2 Å². The molecule has 0 saturated carbocycles. The van der Waals surface area contributed by atoms with E-state index in [1.165, 1.54) is 25.4 Å². The van der Waals surface area contributed by atoms with Crippen molar-refractivity contribution in [2.24, 2.45) is 5.92 Å². The molecule has 1 atom stereocenters. The third-order valence-corrected chi connectivity index (χ3v) is 6.57. The molecule has 3 heteroatoms. The summed E-state index contributed by atoms with van der Waals surface area (Å²) in [5, 5.41) is 0. The van der Waals surface area contributed by atoms with Crippen LogP contribution < -0.4 is 0 Å². The Balaban J connectivity index is 2.17. The molecule has 2 rings (SSSR count). The smallest absolute Gasteiger partial charge is 0.0738 e. The molecule has 0 nitrogen and oxygen atoms in total. The van der Waals surface area contributed by atoms with Crippen LogP contribution in [0.25, 0.3) is 0 Å². The zero-order chi connectivity index (χ0) is 14.0. The maximum absolute atomic E-state index is 3.81. The molecule has 0 spiro atoms. The fraction of sp³-hybridized carbons (Fsp3) is 0.375.